The van der Waals surface area contributed by atoms with Gasteiger partial charge in [-0.1, -0.05) is 12.1 Å². The molecule has 1 N–H and O–H groups in total. The average molecular weight is 257 g/mol. The molecule has 0 unspecified atom stereocenters. The van der Waals surface area contributed by atoms with Gasteiger partial charge < -0.3 is 5.11 Å². The summed E-state index contributed by atoms with van der Waals surface area (Å²) in [6.45, 7) is 2.19. The number of aryl methyl sites for hydroxylation is 1. The fourth-order valence-electron chi connectivity index (χ4n) is 1.41. The maximum absolute atomic E-state index is 9.11. The standard InChI is InChI=1S/C10H9BrOS/c1-6-7-3-2-4-8(11)10(7)13-9(6)5-12/h2-4,12H,5H2,1H3. The summed E-state index contributed by atoms with van der Waals surface area (Å²) in [4.78, 5) is 1.06. The van der Waals surface area contributed by atoms with Crippen molar-refractivity contribution in [3.63, 3.8) is 0 Å². The zero-order valence-electron chi connectivity index (χ0n) is 7.17. The number of rotatable bonds is 1. The lowest BCUT2D eigenvalue weighted by atomic mass is 10.1. The largest absolute Gasteiger partial charge is 0.391 e. The van der Waals surface area contributed by atoms with Gasteiger partial charge in [-0.05, 0) is 39.9 Å². The molecule has 1 heterocycles. The molecule has 0 aliphatic carbocycles. The van der Waals surface area contributed by atoms with Gasteiger partial charge >= 0.3 is 0 Å². The summed E-state index contributed by atoms with van der Waals surface area (Å²) in [7, 11) is 0. The predicted octanol–water partition coefficient (Wildman–Crippen LogP) is 3.46. The van der Waals surface area contributed by atoms with Gasteiger partial charge in [-0.25, -0.2) is 0 Å². The molecule has 0 bridgehead atoms. The van der Waals surface area contributed by atoms with Crippen LogP contribution >= 0.6 is 27.3 Å². The summed E-state index contributed by atoms with van der Waals surface area (Å²) in [6.07, 6.45) is 0. The third-order valence-corrected chi connectivity index (χ3v) is 4.41. The Kier molecular flexibility index (Phi) is 2.41. The highest BCUT2D eigenvalue weighted by atomic mass is 79.9. The Bertz CT molecular complexity index is 447. The number of aliphatic hydroxyl groups excluding tert-OH is 1. The lowest BCUT2D eigenvalue weighted by Crippen LogP contribution is -1.78. The van der Waals surface area contributed by atoms with Crippen LogP contribution in [0.4, 0.5) is 0 Å². The molecule has 1 nitrogen and oxygen atoms in total. The van der Waals surface area contributed by atoms with E-state index in [4.69, 9.17) is 5.11 Å². The summed E-state index contributed by atoms with van der Waals surface area (Å²) in [5.74, 6) is 0. The molecule has 0 saturated heterocycles. The van der Waals surface area contributed by atoms with Crippen LogP contribution in [-0.4, -0.2) is 5.11 Å². The summed E-state index contributed by atoms with van der Waals surface area (Å²) in [6, 6.07) is 6.14. The van der Waals surface area contributed by atoms with Crippen LogP contribution in [0.25, 0.3) is 10.1 Å². The van der Waals surface area contributed by atoms with Crippen molar-refractivity contribution in [2.75, 3.05) is 0 Å². The van der Waals surface area contributed by atoms with E-state index >= 15 is 0 Å². The molecule has 0 aliphatic rings. The van der Waals surface area contributed by atoms with Gasteiger partial charge in [0.05, 0.1) is 6.61 Å². The molecule has 0 aliphatic heterocycles. The van der Waals surface area contributed by atoms with Crippen LogP contribution in [0.1, 0.15) is 10.4 Å². The first-order valence-corrected chi connectivity index (χ1v) is 5.62. The van der Waals surface area contributed by atoms with Crippen LogP contribution in [0.2, 0.25) is 0 Å². The van der Waals surface area contributed by atoms with Crippen molar-refractivity contribution in [3.8, 4) is 0 Å². The van der Waals surface area contributed by atoms with Gasteiger partial charge in [0, 0.05) is 14.0 Å². The second-order valence-corrected chi connectivity index (χ2v) is 4.88. The van der Waals surface area contributed by atoms with Gasteiger partial charge in [0.15, 0.2) is 0 Å². The second kappa shape index (κ2) is 3.40. The molecule has 0 atom stereocenters. The Hall–Kier alpha value is -0.380. The zero-order chi connectivity index (χ0) is 9.42. The summed E-state index contributed by atoms with van der Waals surface area (Å²) < 4.78 is 2.34. The van der Waals surface area contributed by atoms with Gasteiger partial charge in [-0.2, -0.15) is 0 Å². The lowest BCUT2D eigenvalue weighted by Gasteiger charge is -1.93. The van der Waals surface area contributed by atoms with E-state index in [0.717, 1.165) is 9.35 Å². The van der Waals surface area contributed by atoms with E-state index in [1.165, 1.54) is 15.6 Å². The van der Waals surface area contributed by atoms with Crippen molar-refractivity contribution in [3.05, 3.63) is 33.1 Å². The molecule has 68 valence electrons. The highest BCUT2D eigenvalue weighted by Crippen LogP contribution is 2.35. The molecule has 0 spiro atoms. The number of benzene rings is 1. The highest BCUT2D eigenvalue weighted by Gasteiger charge is 2.08. The smallest absolute Gasteiger partial charge is 0.0777 e. The lowest BCUT2D eigenvalue weighted by molar-refractivity contribution is 0.285. The minimum Gasteiger partial charge on any atom is -0.391 e. The van der Waals surface area contributed by atoms with E-state index < -0.39 is 0 Å². The van der Waals surface area contributed by atoms with Crippen LogP contribution < -0.4 is 0 Å². The first-order valence-electron chi connectivity index (χ1n) is 4.01. The Morgan fingerprint density at radius 3 is 2.85 bits per heavy atom. The van der Waals surface area contributed by atoms with E-state index in [9.17, 15) is 0 Å². The number of aliphatic hydroxyl groups is 1. The molecule has 13 heavy (non-hydrogen) atoms. The number of hydrogen-bond donors (Lipinski definition) is 1. The van der Waals surface area contributed by atoms with Gasteiger partial charge in [0.25, 0.3) is 0 Å². The first kappa shape index (κ1) is 9.19. The van der Waals surface area contributed by atoms with Crippen LogP contribution in [0, 0.1) is 6.92 Å². The van der Waals surface area contributed by atoms with Crippen LogP contribution in [0.15, 0.2) is 22.7 Å². The quantitative estimate of drug-likeness (QED) is 0.829. The molecule has 0 fully saturated rings. The molecule has 1 aromatic heterocycles. The molecule has 2 aromatic rings. The Morgan fingerprint density at radius 2 is 2.23 bits per heavy atom. The number of halogens is 1. The van der Waals surface area contributed by atoms with E-state index in [1.807, 2.05) is 12.1 Å². The maximum Gasteiger partial charge on any atom is 0.0777 e. The van der Waals surface area contributed by atoms with Gasteiger partial charge in [0.2, 0.25) is 0 Å². The summed E-state index contributed by atoms with van der Waals surface area (Å²) >= 11 is 5.16. The van der Waals surface area contributed by atoms with E-state index in [1.54, 1.807) is 11.3 Å². The molecule has 0 radical (unpaired) electrons. The number of fused-ring (bicyclic) bond motifs is 1. The topological polar surface area (TPSA) is 20.2 Å². The van der Waals surface area contributed by atoms with Crippen LogP contribution in [0.3, 0.4) is 0 Å². The van der Waals surface area contributed by atoms with Crippen molar-refractivity contribution in [2.45, 2.75) is 13.5 Å². The monoisotopic (exact) mass is 256 g/mol. The number of hydrogen-bond acceptors (Lipinski definition) is 2. The van der Waals surface area contributed by atoms with Crippen molar-refractivity contribution >= 4 is 37.4 Å². The Morgan fingerprint density at radius 1 is 1.46 bits per heavy atom. The van der Waals surface area contributed by atoms with Crippen molar-refractivity contribution in [1.82, 2.24) is 0 Å². The minimum absolute atomic E-state index is 0.137. The first-order chi connectivity index (χ1) is 6.24. The molecule has 0 saturated carbocycles. The van der Waals surface area contributed by atoms with Crippen molar-refractivity contribution in [2.24, 2.45) is 0 Å². The van der Waals surface area contributed by atoms with E-state index in [0.29, 0.717) is 0 Å². The third kappa shape index (κ3) is 1.41. The van der Waals surface area contributed by atoms with Gasteiger partial charge in [-0.3, -0.25) is 0 Å². The average Bonchev–Trinajstić information content (AvgIpc) is 2.45. The Labute approximate surface area is 89.1 Å². The molecule has 2 rings (SSSR count). The maximum atomic E-state index is 9.11. The normalized spacial score (nSPS) is 11.0. The molecular weight excluding hydrogens is 248 g/mol. The summed E-state index contributed by atoms with van der Waals surface area (Å²) in [5.41, 5.74) is 1.20. The number of thiophene rings is 1. The zero-order valence-corrected chi connectivity index (χ0v) is 9.58. The fraction of sp³-hybridized carbons (Fsp3) is 0.200. The minimum atomic E-state index is 0.137. The van der Waals surface area contributed by atoms with Crippen LogP contribution in [-0.2, 0) is 6.61 Å². The summed E-state index contributed by atoms with van der Waals surface area (Å²) in [5, 5.41) is 10.3. The van der Waals surface area contributed by atoms with Crippen molar-refractivity contribution in [1.29, 1.82) is 0 Å². The molecular formula is C10H9BrOS. The van der Waals surface area contributed by atoms with E-state index in [-0.39, 0.29) is 6.61 Å². The fourth-order valence-corrected chi connectivity index (χ4v) is 3.09. The third-order valence-electron chi connectivity index (χ3n) is 2.16. The van der Waals surface area contributed by atoms with E-state index in [2.05, 4.69) is 28.9 Å². The molecule has 0 amide bonds. The van der Waals surface area contributed by atoms with Crippen molar-refractivity contribution < 1.29 is 5.11 Å². The second-order valence-electron chi connectivity index (χ2n) is 2.92. The predicted molar refractivity (Wildman–Crippen MR) is 60.2 cm³/mol. The molecule has 3 heteroatoms. The van der Waals surface area contributed by atoms with Gasteiger partial charge in [-0.15, -0.1) is 11.3 Å². The molecule has 1 aromatic carbocycles. The highest BCUT2D eigenvalue weighted by molar-refractivity contribution is 9.10. The van der Waals surface area contributed by atoms with Crippen LogP contribution in [0.5, 0.6) is 0 Å². The SMILES string of the molecule is Cc1c(CO)sc2c(Br)cccc12. The van der Waals surface area contributed by atoms with Gasteiger partial charge in [0.1, 0.15) is 0 Å². The Balaban J connectivity index is 2.83.